The summed E-state index contributed by atoms with van der Waals surface area (Å²) in [6.45, 7) is 5.87. The molecule has 1 saturated heterocycles. The van der Waals surface area contributed by atoms with Crippen LogP contribution in [-0.2, 0) is 9.53 Å². The van der Waals surface area contributed by atoms with Gasteiger partial charge in [-0.15, -0.1) is 0 Å². The number of carbonyl (C=O) groups is 1. The Morgan fingerprint density at radius 3 is 3.16 bits per heavy atom. The van der Waals surface area contributed by atoms with Crippen LogP contribution in [0.1, 0.15) is 12.5 Å². The van der Waals surface area contributed by atoms with E-state index >= 15 is 0 Å². The van der Waals surface area contributed by atoms with Gasteiger partial charge in [-0.1, -0.05) is 0 Å². The van der Waals surface area contributed by atoms with Crippen molar-refractivity contribution in [3.05, 3.63) is 11.9 Å². The van der Waals surface area contributed by atoms with E-state index in [1.165, 1.54) is 6.33 Å². The topological polar surface area (TPSA) is 93.4 Å². The summed E-state index contributed by atoms with van der Waals surface area (Å²) in [5.41, 5.74) is 6.59. The summed E-state index contributed by atoms with van der Waals surface area (Å²) in [6, 6.07) is -0.373. The van der Waals surface area contributed by atoms with Crippen LogP contribution in [0.4, 0.5) is 11.6 Å². The van der Waals surface area contributed by atoms with E-state index in [0.717, 1.165) is 5.56 Å². The number of amides is 1. The lowest BCUT2D eigenvalue weighted by Gasteiger charge is -2.36. The normalized spacial score (nSPS) is 19.3. The number of anilines is 2. The molecule has 0 aliphatic carbocycles. The summed E-state index contributed by atoms with van der Waals surface area (Å²) in [6.07, 6.45) is 1.42. The Hall–Kier alpha value is -1.89. The minimum Gasteiger partial charge on any atom is -0.383 e. The zero-order valence-corrected chi connectivity index (χ0v) is 11.2. The van der Waals surface area contributed by atoms with Crippen molar-refractivity contribution in [3.63, 3.8) is 0 Å². The minimum atomic E-state index is -0.373. The molecule has 1 aromatic rings. The van der Waals surface area contributed by atoms with Crippen LogP contribution in [0.25, 0.3) is 0 Å². The van der Waals surface area contributed by atoms with E-state index in [9.17, 15) is 4.79 Å². The van der Waals surface area contributed by atoms with Crippen LogP contribution in [0.15, 0.2) is 6.33 Å². The van der Waals surface area contributed by atoms with Crippen molar-refractivity contribution in [3.8, 4) is 0 Å². The quantitative estimate of drug-likeness (QED) is 0.780. The predicted molar refractivity (Wildman–Crippen MR) is 71.8 cm³/mol. The van der Waals surface area contributed by atoms with Crippen LogP contribution in [0.3, 0.4) is 0 Å². The highest BCUT2D eigenvalue weighted by Gasteiger charge is 2.31. The van der Waals surface area contributed by atoms with Crippen molar-refractivity contribution in [1.29, 1.82) is 0 Å². The van der Waals surface area contributed by atoms with Gasteiger partial charge in [0.15, 0.2) is 0 Å². The first-order valence-electron chi connectivity index (χ1n) is 6.34. The Balaban J connectivity index is 2.29. The minimum absolute atomic E-state index is 0.0567. The van der Waals surface area contributed by atoms with E-state index in [1.54, 1.807) is 0 Å². The second kappa shape index (κ2) is 5.83. The summed E-state index contributed by atoms with van der Waals surface area (Å²) in [4.78, 5) is 22.2. The number of hydrogen-bond donors (Lipinski definition) is 2. The molecular weight excluding hydrogens is 246 g/mol. The van der Waals surface area contributed by atoms with E-state index in [2.05, 4.69) is 15.3 Å². The second-order valence-electron chi connectivity index (χ2n) is 4.39. The van der Waals surface area contributed by atoms with Crippen LogP contribution in [0.5, 0.6) is 0 Å². The zero-order valence-electron chi connectivity index (χ0n) is 11.2. The van der Waals surface area contributed by atoms with Gasteiger partial charge >= 0.3 is 0 Å². The van der Waals surface area contributed by atoms with Crippen LogP contribution < -0.4 is 16.0 Å². The summed E-state index contributed by atoms with van der Waals surface area (Å²) in [5.74, 6) is 1.08. The maximum atomic E-state index is 12.1. The first-order valence-corrected chi connectivity index (χ1v) is 6.34. The molecule has 1 atom stereocenters. The fourth-order valence-corrected chi connectivity index (χ4v) is 2.11. The molecule has 1 fully saturated rings. The number of nitrogens with zero attached hydrogens (tertiary/aromatic N) is 3. The van der Waals surface area contributed by atoms with E-state index in [1.807, 2.05) is 18.7 Å². The fraction of sp³-hybridized carbons (Fsp3) is 0.583. The molecule has 2 heterocycles. The Labute approximate surface area is 112 Å². The molecule has 3 N–H and O–H groups in total. The van der Waals surface area contributed by atoms with Crippen LogP contribution in [0, 0.1) is 6.92 Å². The first-order chi connectivity index (χ1) is 9.15. The molecule has 0 radical (unpaired) electrons. The van der Waals surface area contributed by atoms with Crippen molar-refractivity contribution in [2.75, 3.05) is 36.9 Å². The van der Waals surface area contributed by atoms with Gasteiger partial charge in [0, 0.05) is 18.7 Å². The highest BCUT2D eigenvalue weighted by Crippen LogP contribution is 2.23. The van der Waals surface area contributed by atoms with Crippen molar-refractivity contribution < 1.29 is 9.53 Å². The van der Waals surface area contributed by atoms with Crippen molar-refractivity contribution >= 4 is 17.5 Å². The number of rotatable bonds is 3. The standard InChI is InChI=1S/C12H19N5O2/c1-3-14-12(18)9-6-19-5-4-17(9)11-8(2)10(13)15-7-16-11/h7,9H,3-6H2,1-2H3,(H,14,18)(H2,13,15,16). The van der Waals surface area contributed by atoms with Gasteiger partial charge in [0.05, 0.1) is 13.2 Å². The van der Waals surface area contributed by atoms with E-state index < -0.39 is 0 Å². The number of nitrogens with one attached hydrogen (secondary N) is 1. The molecule has 0 bridgehead atoms. The predicted octanol–water partition coefficient (Wildman–Crippen LogP) is -0.291. The molecule has 1 aromatic heterocycles. The second-order valence-corrected chi connectivity index (χ2v) is 4.39. The summed E-state index contributed by atoms with van der Waals surface area (Å²) in [7, 11) is 0. The molecule has 1 aliphatic rings. The number of nitrogen functional groups attached to an aromatic ring is 1. The lowest BCUT2D eigenvalue weighted by atomic mass is 10.2. The maximum Gasteiger partial charge on any atom is 0.245 e. The smallest absolute Gasteiger partial charge is 0.245 e. The molecule has 1 aliphatic heterocycles. The number of aromatic nitrogens is 2. The molecule has 2 rings (SSSR count). The number of hydrogen-bond acceptors (Lipinski definition) is 6. The average molecular weight is 265 g/mol. The highest BCUT2D eigenvalue weighted by molar-refractivity contribution is 5.85. The Morgan fingerprint density at radius 2 is 2.42 bits per heavy atom. The molecule has 0 aromatic carbocycles. The number of nitrogens with two attached hydrogens (primary N) is 1. The molecule has 19 heavy (non-hydrogen) atoms. The van der Waals surface area contributed by atoms with Gasteiger partial charge in [0.1, 0.15) is 24.0 Å². The molecule has 7 nitrogen and oxygen atoms in total. The average Bonchev–Trinajstić information content (AvgIpc) is 2.42. The van der Waals surface area contributed by atoms with Crippen molar-refractivity contribution in [2.24, 2.45) is 0 Å². The van der Waals surface area contributed by atoms with Gasteiger partial charge in [0.2, 0.25) is 5.91 Å². The fourth-order valence-electron chi connectivity index (χ4n) is 2.11. The number of likely N-dealkylation sites (N-methyl/N-ethyl adjacent to an activating group) is 1. The third-order valence-electron chi connectivity index (χ3n) is 3.15. The Kier molecular flexibility index (Phi) is 4.16. The summed E-state index contributed by atoms with van der Waals surface area (Å²) < 4.78 is 5.39. The van der Waals surface area contributed by atoms with Gasteiger partial charge in [-0.3, -0.25) is 4.79 Å². The molecule has 0 spiro atoms. The van der Waals surface area contributed by atoms with Crippen LogP contribution in [-0.4, -0.2) is 48.2 Å². The molecule has 1 amide bonds. The van der Waals surface area contributed by atoms with Crippen LogP contribution >= 0.6 is 0 Å². The number of morpholine rings is 1. The monoisotopic (exact) mass is 265 g/mol. The Bertz CT molecular complexity index is 465. The highest BCUT2D eigenvalue weighted by atomic mass is 16.5. The van der Waals surface area contributed by atoms with E-state index in [-0.39, 0.29) is 11.9 Å². The maximum absolute atomic E-state index is 12.1. The molecule has 1 unspecified atom stereocenters. The van der Waals surface area contributed by atoms with Gasteiger partial charge < -0.3 is 20.7 Å². The van der Waals surface area contributed by atoms with Gasteiger partial charge in [-0.05, 0) is 13.8 Å². The van der Waals surface area contributed by atoms with E-state index in [4.69, 9.17) is 10.5 Å². The van der Waals surface area contributed by atoms with Gasteiger partial charge in [-0.2, -0.15) is 0 Å². The SMILES string of the molecule is CCNC(=O)C1COCCN1c1ncnc(N)c1C. The molecule has 104 valence electrons. The molecule has 7 heteroatoms. The lowest BCUT2D eigenvalue weighted by molar-refractivity contribution is -0.124. The van der Waals surface area contributed by atoms with Crippen molar-refractivity contribution in [2.45, 2.75) is 19.9 Å². The lowest BCUT2D eigenvalue weighted by Crippen LogP contribution is -2.54. The van der Waals surface area contributed by atoms with Gasteiger partial charge in [0.25, 0.3) is 0 Å². The first kappa shape index (κ1) is 13.5. The largest absolute Gasteiger partial charge is 0.383 e. The molecule has 0 saturated carbocycles. The molecular formula is C12H19N5O2. The third-order valence-corrected chi connectivity index (χ3v) is 3.15. The van der Waals surface area contributed by atoms with E-state index in [0.29, 0.717) is 37.9 Å². The van der Waals surface area contributed by atoms with Gasteiger partial charge in [-0.25, -0.2) is 9.97 Å². The van der Waals surface area contributed by atoms with Crippen molar-refractivity contribution in [1.82, 2.24) is 15.3 Å². The summed E-state index contributed by atoms with van der Waals surface area (Å²) in [5, 5.41) is 2.81. The number of carbonyl (C=O) groups excluding carboxylic acids is 1. The Morgan fingerprint density at radius 1 is 1.63 bits per heavy atom. The number of ether oxygens (including phenoxy) is 1. The summed E-state index contributed by atoms with van der Waals surface area (Å²) >= 11 is 0. The third kappa shape index (κ3) is 2.76. The van der Waals surface area contributed by atoms with Crippen LogP contribution in [0.2, 0.25) is 0 Å². The zero-order chi connectivity index (χ0) is 13.8.